The minimum atomic E-state index is -0.926. The number of hydrogen-bond acceptors (Lipinski definition) is 1. The van der Waals surface area contributed by atoms with Crippen molar-refractivity contribution in [3.63, 3.8) is 0 Å². The Morgan fingerprint density at radius 1 is 1.00 bits per heavy atom. The van der Waals surface area contributed by atoms with E-state index >= 15 is 0 Å². The SMILES string of the molecule is CCN([SiH3])[Si](CC)(CC)CC. The van der Waals surface area contributed by atoms with E-state index in [1.165, 1.54) is 35.1 Å². The van der Waals surface area contributed by atoms with Crippen LogP contribution in [0.3, 0.4) is 0 Å². The van der Waals surface area contributed by atoms with E-state index in [2.05, 4.69) is 31.9 Å². The van der Waals surface area contributed by atoms with Crippen LogP contribution in [0.2, 0.25) is 18.1 Å². The maximum Gasteiger partial charge on any atom is 0.120 e. The van der Waals surface area contributed by atoms with Gasteiger partial charge in [-0.15, -0.1) is 0 Å². The molecule has 0 aliphatic heterocycles. The Morgan fingerprint density at radius 2 is 1.36 bits per heavy atom. The van der Waals surface area contributed by atoms with Crippen molar-refractivity contribution < 1.29 is 0 Å². The van der Waals surface area contributed by atoms with E-state index < -0.39 is 8.24 Å². The third-order valence-corrected chi connectivity index (χ3v) is 12.6. The van der Waals surface area contributed by atoms with Crippen LogP contribution in [0.1, 0.15) is 27.7 Å². The van der Waals surface area contributed by atoms with E-state index in [1.54, 1.807) is 0 Å². The van der Waals surface area contributed by atoms with Crippen molar-refractivity contribution in [1.82, 2.24) is 4.23 Å². The van der Waals surface area contributed by atoms with E-state index in [-0.39, 0.29) is 0 Å². The van der Waals surface area contributed by atoms with Gasteiger partial charge in [0.2, 0.25) is 0 Å². The van der Waals surface area contributed by atoms with E-state index in [0.717, 1.165) is 0 Å². The van der Waals surface area contributed by atoms with E-state index in [4.69, 9.17) is 0 Å². The first kappa shape index (κ1) is 11.4. The van der Waals surface area contributed by atoms with Gasteiger partial charge in [0.05, 0.1) is 10.4 Å². The van der Waals surface area contributed by atoms with Crippen LogP contribution in [-0.4, -0.2) is 29.4 Å². The predicted octanol–water partition coefficient (Wildman–Crippen LogP) is 1.59. The molecule has 0 aliphatic rings. The highest BCUT2D eigenvalue weighted by molar-refractivity contribution is 6.80. The van der Waals surface area contributed by atoms with Crippen molar-refractivity contribution in [2.24, 2.45) is 0 Å². The van der Waals surface area contributed by atoms with Gasteiger partial charge in [0.25, 0.3) is 0 Å². The highest BCUT2D eigenvalue weighted by Gasteiger charge is 2.29. The van der Waals surface area contributed by atoms with Gasteiger partial charge in [-0.2, -0.15) is 0 Å². The number of nitrogens with zero attached hydrogens (tertiary/aromatic N) is 1. The van der Waals surface area contributed by atoms with Crippen molar-refractivity contribution in [2.75, 3.05) is 6.54 Å². The molecule has 0 rings (SSSR count). The predicted molar refractivity (Wildman–Crippen MR) is 59.5 cm³/mol. The van der Waals surface area contributed by atoms with E-state index in [0.29, 0.717) is 0 Å². The topological polar surface area (TPSA) is 3.24 Å². The summed E-state index contributed by atoms with van der Waals surface area (Å²) in [7, 11) is 0.345. The molecular formula is C8H23NSi2. The molecule has 0 saturated carbocycles. The molecule has 1 nitrogen and oxygen atoms in total. The summed E-state index contributed by atoms with van der Waals surface area (Å²) in [6.45, 7) is 10.7. The van der Waals surface area contributed by atoms with Crippen LogP contribution >= 0.6 is 0 Å². The first-order valence-corrected chi connectivity index (χ1v) is 8.34. The van der Waals surface area contributed by atoms with Gasteiger partial charge in [0.1, 0.15) is 8.24 Å². The van der Waals surface area contributed by atoms with Gasteiger partial charge in [-0.3, -0.25) is 0 Å². The second-order valence-corrected chi connectivity index (χ2v) is 10.6. The second-order valence-electron chi connectivity index (χ2n) is 3.30. The molecule has 0 saturated heterocycles. The van der Waals surface area contributed by atoms with Crippen LogP contribution in [0.5, 0.6) is 0 Å². The van der Waals surface area contributed by atoms with Crippen LogP contribution in [0.4, 0.5) is 0 Å². The molecule has 3 heteroatoms. The molecule has 0 unspecified atom stereocenters. The van der Waals surface area contributed by atoms with Gasteiger partial charge in [-0.25, -0.2) is 0 Å². The molecule has 0 N–H and O–H groups in total. The van der Waals surface area contributed by atoms with Crippen LogP contribution in [0, 0.1) is 0 Å². The number of rotatable bonds is 5. The Bertz CT molecular complexity index is 94.0. The fraction of sp³-hybridized carbons (Fsp3) is 1.00. The fourth-order valence-corrected chi connectivity index (χ4v) is 8.53. The summed E-state index contributed by atoms with van der Waals surface area (Å²) in [4.78, 5) is 0. The quantitative estimate of drug-likeness (QED) is 0.594. The van der Waals surface area contributed by atoms with E-state index in [9.17, 15) is 0 Å². The van der Waals surface area contributed by atoms with E-state index in [1.807, 2.05) is 0 Å². The molecular weight excluding hydrogens is 166 g/mol. The molecule has 0 aromatic carbocycles. The maximum atomic E-state index is 2.76. The third kappa shape index (κ3) is 2.42. The van der Waals surface area contributed by atoms with Gasteiger partial charge in [0.15, 0.2) is 0 Å². The van der Waals surface area contributed by atoms with Crippen LogP contribution < -0.4 is 0 Å². The molecule has 0 aliphatic carbocycles. The molecule has 0 heterocycles. The largest absolute Gasteiger partial charge is 0.353 e. The third-order valence-electron chi connectivity index (χ3n) is 3.26. The van der Waals surface area contributed by atoms with Gasteiger partial charge < -0.3 is 4.23 Å². The maximum absolute atomic E-state index is 2.76. The van der Waals surface area contributed by atoms with Crippen LogP contribution in [0.15, 0.2) is 0 Å². The van der Waals surface area contributed by atoms with Crippen molar-refractivity contribution in [2.45, 2.75) is 45.8 Å². The van der Waals surface area contributed by atoms with Crippen molar-refractivity contribution in [3.05, 3.63) is 0 Å². The molecule has 0 spiro atoms. The molecule has 0 radical (unpaired) electrons. The average Bonchev–Trinajstić information content (AvgIpc) is 2.08. The zero-order valence-electron chi connectivity index (χ0n) is 8.78. The minimum absolute atomic E-state index is 0.926. The Hall–Kier alpha value is 0.394. The minimum Gasteiger partial charge on any atom is -0.353 e. The Morgan fingerprint density at radius 3 is 1.45 bits per heavy atom. The van der Waals surface area contributed by atoms with Crippen LogP contribution in [-0.2, 0) is 0 Å². The van der Waals surface area contributed by atoms with Crippen LogP contribution in [0.25, 0.3) is 0 Å². The summed E-state index contributed by atoms with van der Waals surface area (Å²) in [5.74, 6) is 0. The normalized spacial score (nSPS) is 12.8. The molecule has 0 aromatic rings. The molecule has 0 fully saturated rings. The lowest BCUT2D eigenvalue weighted by molar-refractivity contribution is 0.668. The standard InChI is InChI=1S/C8H23NSi2/c1-5-9(10)11(6-2,7-3)8-4/h5-8H2,1-4,10H3. The number of hydrogen-bond donors (Lipinski definition) is 0. The van der Waals surface area contributed by atoms with Gasteiger partial charge in [-0.05, 0) is 24.7 Å². The Labute approximate surface area is 75.8 Å². The van der Waals surface area contributed by atoms with Gasteiger partial charge >= 0.3 is 0 Å². The van der Waals surface area contributed by atoms with Crippen molar-refractivity contribution in [3.8, 4) is 0 Å². The van der Waals surface area contributed by atoms with Gasteiger partial charge in [0, 0.05) is 0 Å². The zero-order valence-corrected chi connectivity index (χ0v) is 11.8. The first-order chi connectivity index (χ1) is 5.16. The van der Waals surface area contributed by atoms with Gasteiger partial charge in [-0.1, -0.05) is 27.7 Å². The first-order valence-electron chi connectivity index (χ1n) is 4.88. The lowest BCUT2D eigenvalue weighted by atomic mass is 10.8. The summed E-state index contributed by atoms with van der Waals surface area (Å²) < 4.78 is 2.76. The lowest BCUT2D eigenvalue weighted by Crippen LogP contribution is -2.50. The Kier molecular flexibility index (Phi) is 5.30. The molecule has 0 atom stereocenters. The lowest BCUT2D eigenvalue weighted by Gasteiger charge is -2.37. The Balaban J connectivity index is 4.26. The molecule has 11 heavy (non-hydrogen) atoms. The fourth-order valence-electron chi connectivity index (χ4n) is 1.90. The summed E-state index contributed by atoms with van der Waals surface area (Å²) in [5, 5.41) is 0. The monoisotopic (exact) mass is 189 g/mol. The highest BCUT2D eigenvalue weighted by Crippen LogP contribution is 2.22. The smallest absolute Gasteiger partial charge is 0.120 e. The highest BCUT2D eigenvalue weighted by atomic mass is 28.4. The summed E-state index contributed by atoms with van der Waals surface area (Å²) >= 11 is 0. The van der Waals surface area contributed by atoms with Crippen molar-refractivity contribution >= 4 is 18.6 Å². The second kappa shape index (κ2) is 5.11. The average molecular weight is 189 g/mol. The molecule has 68 valence electrons. The summed E-state index contributed by atoms with van der Waals surface area (Å²) in [6.07, 6.45) is 0. The molecule has 0 bridgehead atoms. The molecule has 0 aromatic heterocycles. The zero-order chi connectivity index (χ0) is 8.91. The summed E-state index contributed by atoms with van der Waals surface area (Å²) in [6, 6.07) is 4.33. The summed E-state index contributed by atoms with van der Waals surface area (Å²) in [5.41, 5.74) is 0. The molecule has 0 amide bonds. The van der Waals surface area contributed by atoms with Crippen molar-refractivity contribution in [1.29, 1.82) is 0 Å².